The molecule has 0 fully saturated rings. The first kappa shape index (κ1) is 16.7. The van der Waals surface area contributed by atoms with Crippen LogP contribution < -0.4 is 15.2 Å². The summed E-state index contributed by atoms with van der Waals surface area (Å²) < 4.78 is 11.4. The summed E-state index contributed by atoms with van der Waals surface area (Å²) in [6.07, 6.45) is 0. The van der Waals surface area contributed by atoms with E-state index >= 15 is 0 Å². The van der Waals surface area contributed by atoms with Gasteiger partial charge < -0.3 is 15.2 Å². The average molecular weight is 366 g/mol. The molecule has 0 spiro atoms. The van der Waals surface area contributed by atoms with Crippen LogP contribution in [0.4, 0.5) is 0 Å². The number of amides is 1. The number of primary amides is 1. The second kappa shape index (κ2) is 6.88. The first-order chi connectivity index (χ1) is 12.6. The zero-order valence-corrected chi connectivity index (χ0v) is 15.1. The zero-order valence-electron chi connectivity index (χ0n) is 14.3. The van der Waals surface area contributed by atoms with Crippen molar-refractivity contribution in [1.29, 1.82) is 0 Å². The Balaban J connectivity index is 1.91. The number of thioether (sulfide) groups is 1. The molecule has 0 radical (unpaired) electrons. The molecular weight excluding hydrogens is 348 g/mol. The van der Waals surface area contributed by atoms with Crippen LogP contribution in [-0.4, -0.2) is 29.4 Å². The Bertz CT molecular complexity index is 976. The maximum atomic E-state index is 11.5. The lowest BCUT2D eigenvalue weighted by Gasteiger charge is -2.20. The second-order valence-electron chi connectivity index (χ2n) is 6.05. The molecule has 1 aliphatic heterocycles. The van der Waals surface area contributed by atoms with E-state index in [1.165, 1.54) is 11.8 Å². The first-order valence-electron chi connectivity index (χ1n) is 8.37. The highest BCUT2D eigenvalue weighted by Crippen LogP contribution is 2.39. The number of aromatic nitrogens is 1. The van der Waals surface area contributed by atoms with Crippen molar-refractivity contribution in [1.82, 2.24) is 4.98 Å². The summed E-state index contributed by atoms with van der Waals surface area (Å²) in [5.74, 6) is 1.06. The molecule has 1 aromatic heterocycles. The van der Waals surface area contributed by atoms with Gasteiger partial charge in [0.2, 0.25) is 5.91 Å². The van der Waals surface area contributed by atoms with Crippen molar-refractivity contribution in [2.45, 2.75) is 17.2 Å². The summed E-state index contributed by atoms with van der Waals surface area (Å²) in [7, 11) is 0. The third-order valence-electron chi connectivity index (χ3n) is 4.23. The molecule has 1 atom stereocenters. The fourth-order valence-electron chi connectivity index (χ4n) is 2.89. The van der Waals surface area contributed by atoms with Crippen LogP contribution in [0.2, 0.25) is 0 Å². The van der Waals surface area contributed by atoms with Crippen LogP contribution in [0, 0.1) is 0 Å². The van der Waals surface area contributed by atoms with Crippen molar-refractivity contribution in [2.24, 2.45) is 5.73 Å². The normalized spacial score (nSPS) is 14.2. The fraction of sp³-hybridized carbons (Fsp3) is 0.200. The van der Waals surface area contributed by atoms with E-state index in [9.17, 15) is 4.79 Å². The van der Waals surface area contributed by atoms with Gasteiger partial charge in [0.25, 0.3) is 0 Å². The Kier molecular flexibility index (Phi) is 4.42. The molecule has 0 saturated carbocycles. The smallest absolute Gasteiger partial charge is 0.230 e. The minimum atomic E-state index is -0.361. The number of nitrogens with two attached hydrogens (primary N) is 1. The van der Waals surface area contributed by atoms with E-state index in [0.29, 0.717) is 19.0 Å². The number of rotatable bonds is 4. The third-order valence-corrected chi connectivity index (χ3v) is 5.27. The lowest BCUT2D eigenvalue weighted by molar-refractivity contribution is -0.117. The van der Waals surface area contributed by atoms with Gasteiger partial charge in [-0.2, -0.15) is 0 Å². The van der Waals surface area contributed by atoms with Gasteiger partial charge in [0.1, 0.15) is 13.2 Å². The summed E-state index contributed by atoms with van der Waals surface area (Å²) in [4.78, 5) is 16.2. The monoisotopic (exact) mass is 366 g/mol. The van der Waals surface area contributed by atoms with Gasteiger partial charge in [0.15, 0.2) is 11.5 Å². The van der Waals surface area contributed by atoms with Gasteiger partial charge in [-0.1, -0.05) is 42.1 Å². The molecule has 1 amide bonds. The van der Waals surface area contributed by atoms with Gasteiger partial charge in [0, 0.05) is 11.5 Å². The lowest BCUT2D eigenvalue weighted by atomic mass is 10.0. The van der Waals surface area contributed by atoms with E-state index in [1.807, 2.05) is 36.4 Å². The topological polar surface area (TPSA) is 74.4 Å². The molecule has 0 unspecified atom stereocenters. The molecule has 5 nitrogen and oxygen atoms in total. The molecule has 0 bridgehead atoms. The number of nitrogens with zero attached hydrogens (tertiary/aromatic N) is 1. The second-order valence-corrected chi connectivity index (χ2v) is 7.41. The molecule has 1 aliphatic rings. The van der Waals surface area contributed by atoms with E-state index < -0.39 is 0 Å². The van der Waals surface area contributed by atoms with E-state index in [0.717, 1.165) is 32.8 Å². The molecule has 2 N–H and O–H groups in total. The van der Waals surface area contributed by atoms with Crippen molar-refractivity contribution in [3.05, 3.63) is 48.5 Å². The van der Waals surface area contributed by atoms with E-state index in [4.69, 9.17) is 20.2 Å². The summed E-state index contributed by atoms with van der Waals surface area (Å²) >= 11 is 1.36. The summed E-state index contributed by atoms with van der Waals surface area (Å²) in [5, 5.41) is 1.37. The molecule has 2 heterocycles. The maximum absolute atomic E-state index is 11.5. The average Bonchev–Trinajstić information content (AvgIpc) is 2.66. The minimum Gasteiger partial charge on any atom is -0.486 e. The number of ether oxygens (including phenoxy) is 2. The summed E-state index contributed by atoms with van der Waals surface area (Å²) in [6, 6.07) is 16.0. The van der Waals surface area contributed by atoms with Gasteiger partial charge in [-0.25, -0.2) is 4.98 Å². The van der Waals surface area contributed by atoms with Crippen LogP contribution >= 0.6 is 11.8 Å². The number of carbonyl (C=O) groups excluding carboxylic acids is 1. The van der Waals surface area contributed by atoms with Gasteiger partial charge in [-0.05, 0) is 30.2 Å². The molecule has 4 rings (SSSR count). The number of hydrogen-bond donors (Lipinski definition) is 1. The summed E-state index contributed by atoms with van der Waals surface area (Å²) in [5.41, 5.74) is 8.32. The first-order valence-corrected chi connectivity index (χ1v) is 9.25. The molecule has 26 heavy (non-hydrogen) atoms. The van der Waals surface area contributed by atoms with Crippen LogP contribution in [0.25, 0.3) is 22.0 Å². The Hall–Kier alpha value is -2.73. The highest BCUT2D eigenvalue weighted by molar-refractivity contribution is 8.00. The highest BCUT2D eigenvalue weighted by Gasteiger charge is 2.18. The van der Waals surface area contributed by atoms with E-state index in [-0.39, 0.29) is 11.2 Å². The Morgan fingerprint density at radius 1 is 1.12 bits per heavy atom. The molecule has 2 aromatic carbocycles. The Morgan fingerprint density at radius 2 is 1.81 bits per heavy atom. The molecule has 0 aliphatic carbocycles. The van der Waals surface area contributed by atoms with Crippen LogP contribution in [0.1, 0.15) is 6.92 Å². The Morgan fingerprint density at radius 3 is 2.50 bits per heavy atom. The van der Waals surface area contributed by atoms with Crippen LogP contribution in [0.15, 0.2) is 53.6 Å². The maximum Gasteiger partial charge on any atom is 0.230 e. The lowest BCUT2D eigenvalue weighted by Crippen LogP contribution is -2.22. The molecule has 3 aromatic rings. The number of carbonyl (C=O) groups is 1. The molecule has 132 valence electrons. The largest absolute Gasteiger partial charge is 0.486 e. The van der Waals surface area contributed by atoms with E-state index in [2.05, 4.69) is 12.1 Å². The molecular formula is C20H18N2O3S. The van der Waals surface area contributed by atoms with E-state index in [1.54, 1.807) is 6.92 Å². The van der Waals surface area contributed by atoms with Gasteiger partial charge in [-0.15, -0.1) is 0 Å². The van der Waals surface area contributed by atoms with Gasteiger partial charge in [0.05, 0.1) is 15.8 Å². The van der Waals surface area contributed by atoms with Gasteiger partial charge >= 0.3 is 0 Å². The number of pyridine rings is 1. The van der Waals surface area contributed by atoms with Crippen molar-refractivity contribution < 1.29 is 14.3 Å². The minimum absolute atomic E-state index is 0.360. The van der Waals surface area contributed by atoms with Crippen LogP contribution in [-0.2, 0) is 4.79 Å². The molecule has 6 heteroatoms. The van der Waals surface area contributed by atoms with Crippen molar-refractivity contribution in [3.63, 3.8) is 0 Å². The molecule has 0 saturated heterocycles. The SMILES string of the molecule is C[C@H](Sc1cc(-c2ccccc2)c2cc3c(cc2n1)OCCO3)C(N)=O. The third kappa shape index (κ3) is 3.20. The predicted molar refractivity (Wildman–Crippen MR) is 103 cm³/mol. The van der Waals surface area contributed by atoms with Crippen molar-refractivity contribution >= 4 is 28.6 Å². The number of benzene rings is 2. The van der Waals surface area contributed by atoms with Crippen molar-refractivity contribution in [2.75, 3.05) is 13.2 Å². The quantitative estimate of drug-likeness (QED) is 0.714. The number of fused-ring (bicyclic) bond motifs is 2. The van der Waals surface area contributed by atoms with Crippen LogP contribution in [0.3, 0.4) is 0 Å². The van der Waals surface area contributed by atoms with Crippen LogP contribution in [0.5, 0.6) is 11.5 Å². The standard InChI is InChI=1S/C20H18N2O3S/c1-12(20(21)23)26-19-10-14(13-5-3-2-4-6-13)15-9-17-18(11-16(15)22-19)25-8-7-24-17/h2-6,9-12H,7-8H2,1H3,(H2,21,23)/t12-/m0/s1. The number of hydrogen-bond acceptors (Lipinski definition) is 5. The highest BCUT2D eigenvalue weighted by atomic mass is 32.2. The predicted octanol–water partition coefficient (Wildman–Crippen LogP) is 3.64. The Labute approximate surface area is 155 Å². The van der Waals surface area contributed by atoms with Gasteiger partial charge in [-0.3, -0.25) is 4.79 Å². The summed E-state index contributed by atoms with van der Waals surface area (Å²) in [6.45, 7) is 2.85. The zero-order chi connectivity index (χ0) is 18.1. The fourth-order valence-corrected chi connectivity index (χ4v) is 3.71. The van der Waals surface area contributed by atoms with Crippen molar-refractivity contribution in [3.8, 4) is 22.6 Å².